The van der Waals surface area contributed by atoms with Gasteiger partial charge in [0.15, 0.2) is 11.0 Å². The zero-order valence-electron chi connectivity index (χ0n) is 18.1. The number of aromatic nitrogens is 4. The molecule has 1 aliphatic carbocycles. The molecular weight excluding hydrogens is 446 g/mol. The summed E-state index contributed by atoms with van der Waals surface area (Å²) < 4.78 is 7.52. The van der Waals surface area contributed by atoms with Gasteiger partial charge >= 0.3 is 0 Å². The van der Waals surface area contributed by atoms with Crippen LogP contribution in [0, 0.1) is 5.92 Å². The minimum absolute atomic E-state index is 0.162. The van der Waals surface area contributed by atoms with Crippen molar-refractivity contribution in [3.63, 3.8) is 0 Å². The Kier molecular flexibility index (Phi) is 7.32. The van der Waals surface area contributed by atoms with Gasteiger partial charge in [0.1, 0.15) is 5.75 Å². The van der Waals surface area contributed by atoms with Crippen LogP contribution in [0.5, 0.6) is 5.75 Å². The number of rotatable bonds is 7. The van der Waals surface area contributed by atoms with Crippen LogP contribution in [-0.2, 0) is 4.79 Å². The molecule has 0 radical (unpaired) electrons. The molecule has 1 aromatic carbocycles. The van der Waals surface area contributed by atoms with E-state index in [0.717, 1.165) is 23.0 Å². The lowest BCUT2D eigenvalue weighted by Crippen LogP contribution is -2.23. The van der Waals surface area contributed by atoms with Crippen LogP contribution in [0.15, 0.2) is 47.9 Å². The summed E-state index contributed by atoms with van der Waals surface area (Å²) in [6, 6.07) is 9.32. The van der Waals surface area contributed by atoms with Crippen LogP contribution in [0.1, 0.15) is 38.6 Å². The van der Waals surface area contributed by atoms with Crippen molar-refractivity contribution >= 4 is 35.0 Å². The first-order valence-corrected chi connectivity index (χ1v) is 12.0. The van der Waals surface area contributed by atoms with Crippen molar-refractivity contribution in [3.05, 3.63) is 47.7 Å². The third-order valence-corrected chi connectivity index (χ3v) is 6.93. The number of pyridine rings is 1. The Morgan fingerprint density at radius 2 is 2.12 bits per heavy atom. The van der Waals surface area contributed by atoms with Crippen LogP contribution in [0.4, 0.5) is 5.69 Å². The Balaban J connectivity index is 1.55. The van der Waals surface area contributed by atoms with Crippen LogP contribution in [0.25, 0.3) is 11.4 Å². The molecule has 168 valence electrons. The molecule has 1 aliphatic rings. The molecule has 4 rings (SSSR count). The van der Waals surface area contributed by atoms with E-state index in [2.05, 4.69) is 32.0 Å². The standard InChI is InChI=1S/C23H26ClN5O2S/c1-15-6-3-4-8-19(15)29-22(16-7-5-11-25-13-16)27-28-23(29)32-14-21(30)26-18-12-17(24)9-10-20(18)31-2/h5,7,9-13,15,19H,3-4,6,8,14H2,1-2H3,(H,26,30)/t15-,19+/m1/s1. The number of hydrogen-bond acceptors (Lipinski definition) is 6. The molecule has 32 heavy (non-hydrogen) atoms. The van der Waals surface area contributed by atoms with E-state index < -0.39 is 0 Å². The highest BCUT2D eigenvalue weighted by atomic mass is 35.5. The molecule has 0 saturated heterocycles. The van der Waals surface area contributed by atoms with Gasteiger partial charge in [0, 0.05) is 29.0 Å². The number of nitrogens with one attached hydrogen (secondary N) is 1. The number of benzene rings is 1. The second-order valence-electron chi connectivity index (χ2n) is 7.93. The van der Waals surface area contributed by atoms with Crippen LogP contribution >= 0.6 is 23.4 Å². The van der Waals surface area contributed by atoms with Crippen molar-refractivity contribution in [3.8, 4) is 17.1 Å². The van der Waals surface area contributed by atoms with E-state index in [1.54, 1.807) is 37.7 Å². The fourth-order valence-corrected chi connectivity index (χ4v) is 5.10. The van der Waals surface area contributed by atoms with Crippen molar-refractivity contribution in [2.24, 2.45) is 5.92 Å². The molecule has 7 nitrogen and oxygen atoms in total. The predicted molar refractivity (Wildman–Crippen MR) is 127 cm³/mol. The van der Waals surface area contributed by atoms with Gasteiger partial charge in [-0.1, -0.05) is 43.1 Å². The largest absolute Gasteiger partial charge is 0.495 e. The van der Waals surface area contributed by atoms with E-state index in [0.29, 0.717) is 28.4 Å². The molecule has 3 aromatic rings. The van der Waals surface area contributed by atoms with E-state index in [1.807, 2.05) is 12.1 Å². The third-order valence-electron chi connectivity index (χ3n) is 5.75. The van der Waals surface area contributed by atoms with Gasteiger partial charge in [-0.15, -0.1) is 10.2 Å². The van der Waals surface area contributed by atoms with Crippen molar-refractivity contribution < 1.29 is 9.53 Å². The molecule has 2 aromatic heterocycles. The quantitative estimate of drug-likeness (QED) is 0.459. The summed E-state index contributed by atoms with van der Waals surface area (Å²) in [6.07, 6.45) is 8.23. The fraction of sp³-hybridized carbons (Fsp3) is 0.391. The lowest BCUT2D eigenvalue weighted by atomic mass is 9.85. The molecular formula is C23H26ClN5O2S. The number of hydrogen-bond donors (Lipinski definition) is 1. The molecule has 2 heterocycles. The van der Waals surface area contributed by atoms with Crippen molar-refractivity contribution in [2.75, 3.05) is 18.2 Å². The highest BCUT2D eigenvalue weighted by Gasteiger charge is 2.29. The number of ether oxygens (including phenoxy) is 1. The van der Waals surface area contributed by atoms with Crippen LogP contribution in [0.2, 0.25) is 5.02 Å². The molecule has 0 spiro atoms. The highest BCUT2D eigenvalue weighted by molar-refractivity contribution is 7.99. The third kappa shape index (κ3) is 5.07. The van der Waals surface area contributed by atoms with E-state index >= 15 is 0 Å². The number of thioether (sulfide) groups is 1. The molecule has 1 N–H and O–H groups in total. The topological polar surface area (TPSA) is 81.9 Å². The van der Waals surface area contributed by atoms with Gasteiger partial charge < -0.3 is 10.1 Å². The minimum Gasteiger partial charge on any atom is -0.495 e. The van der Waals surface area contributed by atoms with Crippen molar-refractivity contribution in [2.45, 2.75) is 43.8 Å². The smallest absolute Gasteiger partial charge is 0.234 e. The van der Waals surface area contributed by atoms with Gasteiger partial charge in [0.25, 0.3) is 0 Å². The zero-order valence-corrected chi connectivity index (χ0v) is 19.7. The van der Waals surface area contributed by atoms with Crippen LogP contribution in [-0.4, -0.2) is 38.5 Å². The summed E-state index contributed by atoms with van der Waals surface area (Å²) in [7, 11) is 1.56. The maximum Gasteiger partial charge on any atom is 0.234 e. The lowest BCUT2D eigenvalue weighted by Gasteiger charge is -2.31. The zero-order chi connectivity index (χ0) is 22.5. The second-order valence-corrected chi connectivity index (χ2v) is 9.31. The maximum atomic E-state index is 12.7. The number of amides is 1. The summed E-state index contributed by atoms with van der Waals surface area (Å²) in [5.41, 5.74) is 1.47. The molecule has 0 aliphatic heterocycles. The molecule has 0 bridgehead atoms. The average Bonchev–Trinajstić information content (AvgIpc) is 3.22. The first-order chi connectivity index (χ1) is 15.6. The van der Waals surface area contributed by atoms with Crippen molar-refractivity contribution in [1.82, 2.24) is 19.7 Å². The van der Waals surface area contributed by atoms with Gasteiger partial charge in [0.05, 0.1) is 18.6 Å². The number of anilines is 1. The van der Waals surface area contributed by atoms with Gasteiger partial charge in [-0.25, -0.2) is 0 Å². The van der Waals surface area contributed by atoms with Crippen LogP contribution < -0.4 is 10.1 Å². The molecule has 1 amide bonds. The van der Waals surface area contributed by atoms with E-state index in [1.165, 1.54) is 31.0 Å². The second kappa shape index (κ2) is 10.4. The first kappa shape index (κ1) is 22.6. The number of halogens is 1. The van der Waals surface area contributed by atoms with E-state index in [9.17, 15) is 4.79 Å². The summed E-state index contributed by atoms with van der Waals surface area (Å²) in [4.78, 5) is 16.9. The molecule has 1 saturated carbocycles. The minimum atomic E-state index is -0.162. The summed E-state index contributed by atoms with van der Waals surface area (Å²) in [6.45, 7) is 2.28. The monoisotopic (exact) mass is 471 g/mol. The Hall–Kier alpha value is -2.58. The first-order valence-electron chi connectivity index (χ1n) is 10.7. The highest BCUT2D eigenvalue weighted by Crippen LogP contribution is 2.39. The number of nitrogens with zero attached hydrogens (tertiary/aromatic N) is 4. The summed E-state index contributed by atoms with van der Waals surface area (Å²) in [5.74, 6) is 1.91. The van der Waals surface area contributed by atoms with E-state index in [-0.39, 0.29) is 11.7 Å². The summed E-state index contributed by atoms with van der Waals surface area (Å²) in [5, 5.41) is 13.1. The average molecular weight is 472 g/mol. The summed E-state index contributed by atoms with van der Waals surface area (Å²) >= 11 is 7.46. The molecule has 9 heteroatoms. The lowest BCUT2D eigenvalue weighted by molar-refractivity contribution is -0.113. The van der Waals surface area contributed by atoms with Gasteiger partial charge in [-0.3, -0.25) is 14.3 Å². The maximum absolute atomic E-state index is 12.7. The Labute approximate surface area is 196 Å². The molecule has 1 fully saturated rings. The van der Waals surface area contributed by atoms with Gasteiger partial charge in [-0.05, 0) is 49.1 Å². The van der Waals surface area contributed by atoms with Gasteiger partial charge in [-0.2, -0.15) is 0 Å². The van der Waals surface area contributed by atoms with E-state index in [4.69, 9.17) is 16.3 Å². The Bertz CT molecular complexity index is 1080. The SMILES string of the molecule is COc1ccc(Cl)cc1NC(=O)CSc1nnc(-c2cccnc2)n1[C@H]1CCCC[C@H]1C. The normalized spacial score (nSPS) is 18.3. The van der Waals surface area contributed by atoms with Crippen LogP contribution in [0.3, 0.4) is 0 Å². The molecule has 2 atom stereocenters. The van der Waals surface area contributed by atoms with Crippen molar-refractivity contribution in [1.29, 1.82) is 0 Å². The number of carbonyl (C=O) groups is 1. The fourth-order valence-electron chi connectivity index (χ4n) is 4.14. The van der Waals surface area contributed by atoms with Gasteiger partial charge in [0.2, 0.25) is 5.91 Å². The molecule has 0 unspecified atom stereocenters. The Morgan fingerprint density at radius 3 is 2.88 bits per heavy atom. The Morgan fingerprint density at radius 1 is 1.28 bits per heavy atom. The predicted octanol–water partition coefficient (Wildman–Crippen LogP) is 5.48. The number of carbonyl (C=O) groups excluding carboxylic acids is 1. The number of methoxy groups -OCH3 is 1.